The summed E-state index contributed by atoms with van der Waals surface area (Å²) < 4.78 is 0. The first-order valence-corrected chi connectivity index (χ1v) is 7.99. The highest BCUT2D eigenvalue weighted by Crippen LogP contribution is 2.38. The Hall–Kier alpha value is -3.73. The lowest BCUT2D eigenvalue weighted by atomic mass is 9.97. The average Bonchev–Trinajstić information content (AvgIpc) is 2.93. The quantitative estimate of drug-likeness (QED) is 0.733. The van der Waals surface area contributed by atoms with Gasteiger partial charge in [0, 0.05) is 5.56 Å². The summed E-state index contributed by atoms with van der Waals surface area (Å²) in [7, 11) is 0. The molecule has 3 aromatic rings. The lowest BCUT2D eigenvalue weighted by molar-refractivity contribution is 0.0696. The molecule has 0 atom stereocenters. The third-order valence-electron chi connectivity index (χ3n) is 4.37. The van der Waals surface area contributed by atoms with E-state index in [2.05, 4.69) is 0 Å². The summed E-state index contributed by atoms with van der Waals surface area (Å²) in [5.74, 6) is -2.03. The van der Waals surface area contributed by atoms with E-state index < -0.39 is 17.8 Å². The van der Waals surface area contributed by atoms with Crippen molar-refractivity contribution < 1.29 is 19.5 Å². The summed E-state index contributed by atoms with van der Waals surface area (Å²) in [6.07, 6.45) is 0. The molecule has 0 unspecified atom stereocenters. The van der Waals surface area contributed by atoms with Crippen molar-refractivity contribution in [2.75, 3.05) is 4.90 Å². The minimum atomic E-state index is -1.12. The van der Waals surface area contributed by atoms with Gasteiger partial charge in [-0.1, -0.05) is 48.5 Å². The number of carbonyl (C=O) groups is 3. The standard InChI is InChI=1S/C21H13NO4/c23-19-14-9-4-5-10-15(14)20(24)22(19)17-12-6-11-16(21(25)26)18(17)13-7-2-1-3-8-13/h1-12H,(H,25,26). The number of anilines is 1. The summed E-state index contributed by atoms with van der Waals surface area (Å²) >= 11 is 0. The lowest BCUT2D eigenvalue weighted by Gasteiger charge is -2.20. The third kappa shape index (κ3) is 2.29. The van der Waals surface area contributed by atoms with Gasteiger partial charge in [0.05, 0.1) is 22.4 Å². The average molecular weight is 343 g/mol. The number of carboxylic acids is 1. The molecule has 0 saturated carbocycles. The number of carbonyl (C=O) groups excluding carboxylic acids is 2. The lowest BCUT2D eigenvalue weighted by Crippen LogP contribution is -2.30. The highest BCUT2D eigenvalue weighted by molar-refractivity contribution is 6.35. The zero-order valence-electron chi connectivity index (χ0n) is 13.5. The van der Waals surface area contributed by atoms with Crippen LogP contribution in [-0.2, 0) is 0 Å². The van der Waals surface area contributed by atoms with Gasteiger partial charge in [0.25, 0.3) is 11.8 Å². The monoisotopic (exact) mass is 343 g/mol. The van der Waals surface area contributed by atoms with E-state index in [-0.39, 0.29) is 11.3 Å². The SMILES string of the molecule is O=C(O)c1cccc(N2C(=O)c3ccccc3C2=O)c1-c1ccccc1. The number of amides is 2. The van der Waals surface area contributed by atoms with Gasteiger partial charge in [0.1, 0.15) is 0 Å². The maximum atomic E-state index is 12.8. The second-order valence-electron chi connectivity index (χ2n) is 5.86. The molecule has 1 heterocycles. The molecule has 1 N–H and O–H groups in total. The number of nitrogens with zero attached hydrogens (tertiary/aromatic N) is 1. The predicted octanol–water partition coefficient (Wildman–Crippen LogP) is 3.85. The Balaban J connectivity index is 1.97. The van der Waals surface area contributed by atoms with Gasteiger partial charge in [-0.2, -0.15) is 0 Å². The zero-order valence-corrected chi connectivity index (χ0v) is 13.5. The number of carboxylic acid groups (broad SMARTS) is 1. The van der Waals surface area contributed by atoms with E-state index in [9.17, 15) is 19.5 Å². The van der Waals surface area contributed by atoms with Crippen LogP contribution in [-0.4, -0.2) is 22.9 Å². The molecule has 0 saturated heterocycles. The molecular weight excluding hydrogens is 330 g/mol. The van der Waals surface area contributed by atoms with Crippen LogP contribution in [0.2, 0.25) is 0 Å². The van der Waals surface area contributed by atoms with Crippen LogP contribution in [0.1, 0.15) is 31.1 Å². The molecule has 1 aliphatic rings. The van der Waals surface area contributed by atoms with Crippen LogP contribution >= 0.6 is 0 Å². The van der Waals surface area contributed by atoms with Crippen molar-refractivity contribution in [3.05, 3.63) is 89.5 Å². The largest absolute Gasteiger partial charge is 0.478 e. The Labute approximate surface area is 149 Å². The first-order chi connectivity index (χ1) is 12.6. The summed E-state index contributed by atoms with van der Waals surface area (Å²) in [6.45, 7) is 0. The second-order valence-corrected chi connectivity index (χ2v) is 5.86. The van der Waals surface area contributed by atoms with Crippen molar-refractivity contribution in [3.8, 4) is 11.1 Å². The van der Waals surface area contributed by atoms with Crippen LogP contribution in [0.5, 0.6) is 0 Å². The molecular formula is C21H13NO4. The van der Waals surface area contributed by atoms with Crippen LogP contribution in [0.25, 0.3) is 11.1 Å². The van der Waals surface area contributed by atoms with Crippen molar-refractivity contribution in [2.24, 2.45) is 0 Å². The van der Waals surface area contributed by atoms with Crippen molar-refractivity contribution >= 4 is 23.5 Å². The van der Waals surface area contributed by atoms with E-state index in [1.165, 1.54) is 12.1 Å². The number of hydrogen-bond donors (Lipinski definition) is 1. The van der Waals surface area contributed by atoms with Gasteiger partial charge in [0.2, 0.25) is 0 Å². The van der Waals surface area contributed by atoms with E-state index in [0.29, 0.717) is 22.3 Å². The van der Waals surface area contributed by atoms with Crippen LogP contribution in [0.15, 0.2) is 72.8 Å². The number of fused-ring (bicyclic) bond motifs is 1. The second kappa shape index (κ2) is 5.97. The van der Waals surface area contributed by atoms with E-state index in [0.717, 1.165) is 4.90 Å². The van der Waals surface area contributed by atoms with Gasteiger partial charge >= 0.3 is 5.97 Å². The molecule has 5 nitrogen and oxygen atoms in total. The molecule has 5 heteroatoms. The van der Waals surface area contributed by atoms with Crippen molar-refractivity contribution in [3.63, 3.8) is 0 Å². The first-order valence-electron chi connectivity index (χ1n) is 7.99. The molecule has 26 heavy (non-hydrogen) atoms. The summed E-state index contributed by atoms with van der Waals surface area (Å²) in [6, 6.07) is 20.1. The molecule has 0 fully saturated rings. The fourth-order valence-corrected chi connectivity index (χ4v) is 3.22. The van der Waals surface area contributed by atoms with Crippen molar-refractivity contribution in [2.45, 2.75) is 0 Å². The fourth-order valence-electron chi connectivity index (χ4n) is 3.22. The van der Waals surface area contributed by atoms with Gasteiger partial charge in [-0.3, -0.25) is 9.59 Å². The van der Waals surface area contributed by atoms with E-state index >= 15 is 0 Å². The molecule has 0 aromatic heterocycles. The minimum absolute atomic E-state index is 0.0326. The Morgan fingerprint density at radius 3 is 1.88 bits per heavy atom. The van der Waals surface area contributed by atoms with Gasteiger partial charge in [-0.05, 0) is 29.8 Å². The number of imide groups is 1. The maximum Gasteiger partial charge on any atom is 0.336 e. The van der Waals surface area contributed by atoms with E-state index in [1.54, 1.807) is 54.6 Å². The smallest absolute Gasteiger partial charge is 0.336 e. The van der Waals surface area contributed by atoms with Crippen LogP contribution < -0.4 is 4.90 Å². The molecule has 4 rings (SSSR count). The Bertz CT molecular complexity index is 1020. The minimum Gasteiger partial charge on any atom is -0.478 e. The third-order valence-corrected chi connectivity index (χ3v) is 4.37. The molecule has 2 amide bonds. The number of rotatable bonds is 3. The highest BCUT2D eigenvalue weighted by Gasteiger charge is 2.38. The fraction of sp³-hybridized carbons (Fsp3) is 0. The summed E-state index contributed by atoms with van der Waals surface area (Å²) in [5, 5.41) is 9.61. The van der Waals surface area contributed by atoms with Crippen molar-refractivity contribution in [1.82, 2.24) is 0 Å². The van der Waals surface area contributed by atoms with Gasteiger partial charge in [0.15, 0.2) is 0 Å². The Morgan fingerprint density at radius 2 is 1.31 bits per heavy atom. The van der Waals surface area contributed by atoms with E-state index in [4.69, 9.17) is 0 Å². The van der Waals surface area contributed by atoms with Crippen molar-refractivity contribution in [1.29, 1.82) is 0 Å². The topological polar surface area (TPSA) is 74.7 Å². The molecule has 0 radical (unpaired) electrons. The molecule has 0 spiro atoms. The van der Waals surface area contributed by atoms with Gasteiger partial charge in [-0.15, -0.1) is 0 Å². The van der Waals surface area contributed by atoms with Gasteiger partial charge in [-0.25, -0.2) is 9.69 Å². The number of aromatic carboxylic acids is 1. The van der Waals surface area contributed by atoms with Crippen LogP contribution in [0.4, 0.5) is 5.69 Å². The maximum absolute atomic E-state index is 12.8. The molecule has 0 bridgehead atoms. The number of benzene rings is 3. The van der Waals surface area contributed by atoms with E-state index in [1.807, 2.05) is 6.07 Å². The van der Waals surface area contributed by atoms with Crippen LogP contribution in [0.3, 0.4) is 0 Å². The molecule has 1 aliphatic heterocycles. The molecule has 0 aliphatic carbocycles. The zero-order chi connectivity index (χ0) is 18.3. The Morgan fingerprint density at radius 1 is 0.731 bits per heavy atom. The number of hydrogen-bond acceptors (Lipinski definition) is 3. The molecule has 126 valence electrons. The normalized spacial score (nSPS) is 13.0. The Kier molecular flexibility index (Phi) is 3.62. The van der Waals surface area contributed by atoms with Gasteiger partial charge < -0.3 is 5.11 Å². The predicted molar refractivity (Wildman–Crippen MR) is 96.4 cm³/mol. The summed E-state index contributed by atoms with van der Waals surface area (Å²) in [5.41, 5.74) is 1.90. The first kappa shape index (κ1) is 15.8. The summed E-state index contributed by atoms with van der Waals surface area (Å²) in [4.78, 5) is 38.5. The highest BCUT2D eigenvalue weighted by atomic mass is 16.4. The van der Waals surface area contributed by atoms with Crippen LogP contribution in [0, 0.1) is 0 Å². The molecule has 3 aromatic carbocycles.